The zero-order chi connectivity index (χ0) is 13.9. The lowest BCUT2D eigenvalue weighted by atomic mass is 10.1. The van der Waals surface area contributed by atoms with Crippen molar-refractivity contribution in [3.63, 3.8) is 0 Å². The van der Waals surface area contributed by atoms with Gasteiger partial charge in [0.05, 0.1) is 18.0 Å². The summed E-state index contributed by atoms with van der Waals surface area (Å²) in [6, 6.07) is 14.9. The second kappa shape index (κ2) is 5.17. The first-order chi connectivity index (χ1) is 9.78. The van der Waals surface area contributed by atoms with Crippen molar-refractivity contribution >= 4 is 23.0 Å². The summed E-state index contributed by atoms with van der Waals surface area (Å²) in [6.45, 7) is 2.57. The first-order valence-electron chi connectivity index (χ1n) is 6.50. The number of hydrogen-bond acceptors (Lipinski definition) is 3. The second-order valence-electron chi connectivity index (χ2n) is 4.39. The number of amides is 1. The number of carbonyl (C=O) groups is 1. The lowest BCUT2D eigenvalue weighted by Crippen LogP contribution is -2.13. The molecule has 4 heteroatoms. The molecule has 0 spiro atoms. The number of benzene rings is 2. The Labute approximate surface area is 117 Å². The molecule has 2 aromatic carbocycles. The first-order valence-corrected chi connectivity index (χ1v) is 6.50. The predicted molar refractivity (Wildman–Crippen MR) is 78.9 cm³/mol. The molecule has 20 heavy (non-hydrogen) atoms. The highest BCUT2D eigenvalue weighted by molar-refractivity contribution is 6.54. The molecule has 0 fully saturated rings. The molecule has 0 saturated carbocycles. The smallest absolute Gasteiger partial charge is 0.275 e. The van der Waals surface area contributed by atoms with Crippen molar-refractivity contribution in [1.82, 2.24) is 0 Å². The third kappa shape index (κ3) is 2.28. The van der Waals surface area contributed by atoms with Crippen molar-refractivity contribution in [2.45, 2.75) is 6.92 Å². The average molecular weight is 266 g/mol. The summed E-state index contributed by atoms with van der Waals surface area (Å²) in [5, 5.41) is 2.80. The normalized spacial score (nSPS) is 15.1. The van der Waals surface area contributed by atoms with Crippen LogP contribution in [0.3, 0.4) is 0 Å². The first kappa shape index (κ1) is 12.4. The van der Waals surface area contributed by atoms with Crippen LogP contribution in [0.15, 0.2) is 53.5 Å². The van der Waals surface area contributed by atoms with Crippen LogP contribution in [0.5, 0.6) is 5.75 Å². The summed E-state index contributed by atoms with van der Waals surface area (Å²) in [6.07, 6.45) is 0. The van der Waals surface area contributed by atoms with Gasteiger partial charge in [-0.1, -0.05) is 18.2 Å². The van der Waals surface area contributed by atoms with Crippen LogP contribution in [0.1, 0.15) is 12.5 Å². The van der Waals surface area contributed by atoms with Crippen molar-refractivity contribution in [2.75, 3.05) is 11.9 Å². The number of carbonyl (C=O) groups excluding carboxylic acids is 1. The molecule has 1 aliphatic heterocycles. The monoisotopic (exact) mass is 266 g/mol. The molecule has 1 N–H and O–H groups in total. The summed E-state index contributed by atoms with van der Waals surface area (Å²) >= 11 is 0. The summed E-state index contributed by atoms with van der Waals surface area (Å²) in [7, 11) is 0. The van der Waals surface area contributed by atoms with Gasteiger partial charge in [-0.15, -0.1) is 0 Å². The van der Waals surface area contributed by atoms with Crippen LogP contribution >= 0.6 is 0 Å². The maximum Gasteiger partial charge on any atom is 0.275 e. The maximum absolute atomic E-state index is 11.9. The van der Waals surface area contributed by atoms with E-state index >= 15 is 0 Å². The van der Waals surface area contributed by atoms with Crippen molar-refractivity contribution in [2.24, 2.45) is 4.99 Å². The number of rotatable bonds is 3. The number of nitrogens with one attached hydrogen (secondary N) is 1. The average Bonchev–Trinajstić information content (AvgIpc) is 2.78. The van der Waals surface area contributed by atoms with Gasteiger partial charge >= 0.3 is 0 Å². The third-order valence-corrected chi connectivity index (χ3v) is 3.03. The van der Waals surface area contributed by atoms with Crippen molar-refractivity contribution in [3.05, 3.63) is 54.1 Å². The standard InChI is InChI=1S/C16H14N2O2/c1-2-20-12-9-7-11(8-10-12)17-15-13-5-3-4-6-14(13)18-16(15)19/h3-10H,2H2,1H3,(H,17,18,19). The Morgan fingerprint density at radius 2 is 1.85 bits per heavy atom. The number of nitrogens with zero attached hydrogens (tertiary/aromatic N) is 1. The Balaban J connectivity index is 1.94. The molecule has 2 aromatic rings. The van der Waals surface area contributed by atoms with E-state index in [1.54, 1.807) is 0 Å². The molecule has 3 rings (SSSR count). The molecule has 0 saturated heterocycles. The van der Waals surface area contributed by atoms with Gasteiger partial charge in [-0.3, -0.25) is 4.79 Å². The van der Waals surface area contributed by atoms with Crippen LogP contribution in [0.25, 0.3) is 0 Å². The molecule has 0 radical (unpaired) electrons. The van der Waals surface area contributed by atoms with Crippen LogP contribution in [-0.4, -0.2) is 18.2 Å². The van der Waals surface area contributed by atoms with Crippen LogP contribution in [0.2, 0.25) is 0 Å². The van der Waals surface area contributed by atoms with Crippen LogP contribution in [0, 0.1) is 0 Å². The topological polar surface area (TPSA) is 50.7 Å². The quantitative estimate of drug-likeness (QED) is 0.927. The Morgan fingerprint density at radius 3 is 2.60 bits per heavy atom. The summed E-state index contributed by atoms with van der Waals surface area (Å²) < 4.78 is 5.38. The minimum Gasteiger partial charge on any atom is -0.494 e. The molecule has 0 bridgehead atoms. The SMILES string of the molecule is CCOc1ccc(N=C2C(=O)Nc3ccccc32)cc1. The Kier molecular flexibility index (Phi) is 3.21. The van der Waals surface area contributed by atoms with Crippen molar-refractivity contribution in [1.29, 1.82) is 0 Å². The molecule has 100 valence electrons. The van der Waals surface area contributed by atoms with Crippen LogP contribution in [0.4, 0.5) is 11.4 Å². The molecule has 1 heterocycles. The van der Waals surface area contributed by atoms with Gasteiger partial charge in [-0.2, -0.15) is 0 Å². The minimum atomic E-state index is -0.167. The number of aliphatic imine (C=N–C) groups is 1. The summed E-state index contributed by atoms with van der Waals surface area (Å²) in [5.74, 6) is 0.632. The molecule has 4 nitrogen and oxygen atoms in total. The number of anilines is 1. The van der Waals surface area contributed by atoms with Gasteiger partial charge < -0.3 is 10.1 Å². The van der Waals surface area contributed by atoms with E-state index in [2.05, 4.69) is 10.3 Å². The minimum absolute atomic E-state index is 0.167. The van der Waals surface area contributed by atoms with E-state index < -0.39 is 0 Å². The summed E-state index contributed by atoms with van der Waals surface area (Å²) in [5.41, 5.74) is 2.83. The molecule has 1 amide bonds. The zero-order valence-electron chi connectivity index (χ0n) is 11.1. The molecular weight excluding hydrogens is 252 g/mol. The molecule has 0 aromatic heterocycles. The number of ether oxygens (including phenoxy) is 1. The van der Waals surface area contributed by atoms with Gasteiger partial charge in [0.2, 0.25) is 0 Å². The van der Waals surface area contributed by atoms with Gasteiger partial charge in [0.1, 0.15) is 11.5 Å². The molecule has 0 atom stereocenters. The van der Waals surface area contributed by atoms with Gasteiger partial charge in [0.25, 0.3) is 5.91 Å². The highest BCUT2D eigenvalue weighted by Gasteiger charge is 2.25. The number of fused-ring (bicyclic) bond motifs is 1. The van der Waals surface area contributed by atoms with E-state index in [9.17, 15) is 4.79 Å². The molecule has 1 aliphatic rings. The van der Waals surface area contributed by atoms with Crippen LogP contribution in [-0.2, 0) is 4.79 Å². The lowest BCUT2D eigenvalue weighted by molar-refractivity contribution is -0.110. The van der Waals surface area contributed by atoms with Gasteiger partial charge in [0.15, 0.2) is 0 Å². The molecule has 0 unspecified atom stereocenters. The number of para-hydroxylation sites is 1. The Morgan fingerprint density at radius 1 is 1.10 bits per heavy atom. The van der Waals surface area contributed by atoms with Crippen molar-refractivity contribution < 1.29 is 9.53 Å². The highest BCUT2D eigenvalue weighted by atomic mass is 16.5. The van der Waals surface area contributed by atoms with Gasteiger partial charge in [-0.05, 0) is 37.3 Å². The number of hydrogen-bond donors (Lipinski definition) is 1. The van der Waals surface area contributed by atoms with Gasteiger partial charge in [-0.25, -0.2) is 4.99 Å². The van der Waals surface area contributed by atoms with E-state index in [1.807, 2.05) is 55.5 Å². The zero-order valence-corrected chi connectivity index (χ0v) is 11.1. The largest absolute Gasteiger partial charge is 0.494 e. The van der Waals surface area contributed by atoms with Crippen molar-refractivity contribution in [3.8, 4) is 5.75 Å². The fraction of sp³-hybridized carbons (Fsp3) is 0.125. The lowest BCUT2D eigenvalue weighted by Gasteiger charge is -2.02. The fourth-order valence-electron chi connectivity index (χ4n) is 2.13. The third-order valence-electron chi connectivity index (χ3n) is 3.03. The highest BCUT2D eigenvalue weighted by Crippen LogP contribution is 2.26. The van der Waals surface area contributed by atoms with E-state index in [0.29, 0.717) is 12.3 Å². The van der Waals surface area contributed by atoms with E-state index in [1.165, 1.54) is 0 Å². The summed E-state index contributed by atoms with van der Waals surface area (Å²) in [4.78, 5) is 16.4. The molecule has 0 aliphatic carbocycles. The second-order valence-corrected chi connectivity index (χ2v) is 4.39. The van der Waals surface area contributed by atoms with Crippen LogP contribution < -0.4 is 10.1 Å². The van der Waals surface area contributed by atoms with E-state index in [-0.39, 0.29) is 5.91 Å². The van der Waals surface area contributed by atoms with E-state index in [4.69, 9.17) is 4.74 Å². The fourth-order valence-corrected chi connectivity index (χ4v) is 2.13. The Hall–Kier alpha value is -2.62. The Bertz CT molecular complexity index is 675. The van der Waals surface area contributed by atoms with Gasteiger partial charge in [0, 0.05) is 5.56 Å². The molecular formula is C16H14N2O2. The maximum atomic E-state index is 11.9. The predicted octanol–water partition coefficient (Wildman–Crippen LogP) is 3.16. The van der Waals surface area contributed by atoms with E-state index in [0.717, 1.165) is 22.7 Å².